The first-order chi connectivity index (χ1) is 8.65. The molecule has 0 amide bonds. The summed E-state index contributed by atoms with van der Waals surface area (Å²) in [6.07, 6.45) is 1.54. The zero-order chi connectivity index (χ0) is 12.7. The first-order valence-electron chi connectivity index (χ1n) is 5.80. The molecular formula is C13H11BrO4. The molecule has 5 heteroatoms. The van der Waals surface area contributed by atoms with Crippen LogP contribution in [-0.4, -0.2) is 18.4 Å². The van der Waals surface area contributed by atoms with Gasteiger partial charge in [0.25, 0.3) is 0 Å². The van der Waals surface area contributed by atoms with E-state index in [9.17, 15) is 9.59 Å². The molecule has 3 rings (SSSR count). The molecule has 0 bridgehead atoms. The third-order valence-electron chi connectivity index (χ3n) is 3.33. The quantitative estimate of drug-likeness (QED) is 0.788. The fourth-order valence-electron chi connectivity index (χ4n) is 2.38. The average Bonchev–Trinajstić information content (AvgIpc) is 2.96. The van der Waals surface area contributed by atoms with Gasteiger partial charge in [-0.2, -0.15) is 0 Å². The van der Waals surface area contributed by atoms with Crippen molar-refractivity contribution in [3.05, 3.63) is 22.2 Å². The van der Waals surface area contributed by atoms with Crippen molar-refractivity contribution in [3.63, 3.8) is 0 Å². The van der Waals surface area contributed by atoms with Crippen molar-refractivity contribution >= 4 is 27.5 Å². The minimum absolute atomic E-state index is 0.0138. The van der Waals surface area contributed by atoms with E-state index in [1.54, 1.807) is 12.1 Å². The summed E-state index contributed by atoms with van der Waals surface area (Å²) in [6.45, 7) is 0.174. The lowest BCUT2D eigenvalue weighted by Crippen LogP contribution is -2.11. The van der Waals surface area contributed by atoms with Gasteiger partial charge in [0.15, 0.2) is 17.3 Å². The summed E-state index contributed by atoms with van der Waals surface area (Å²) >= 11 is 3.36. The summed E-state index contributed by atoms with van der Waals surface area (Å²) < 4.78 is 11.3. The fraction of sp³-hybridized carbons (Fsp3) is 0.385. The van der Waals surface area contributed by atoms with Gasteiger partial charge in [0.2, 0.25) is 6.79 Å². The lowest BCUT2D eigenvalue weighted by molar-refractivity contribution is -0.117. The number of halogens is 1. The minimum atomic E-state index is -0.176. The van der Waals surface area contributed by atoms with E-state index < -0.39 is 0 Å². The molecule has 94 valence electrons. The first kappa shape index (κ1) is 11.7. The van der Waals surface area contributed by atoms with Gasteiger partial charge in [-0.15, -0.1) is 0 Å². The van der Waals surface area contributed by atoms with Crippen LogP contribution in [-0.2, 0) is 4.79 Å². The predicted octanol–water partition coefficient (Wildman–Crippen LogP) is 2.73. The Morgan fingerprint density at radius 1 is 1.33 bits per heavy atom. The SMILES string of the molecule is O=C1CCC(C(=O)c2cc(Br)c3c(c2)OCO3)C1. The number of carbonyl (C=O) groups excluding carboxylic acids is 2. The number of fused-ring (bicyclic) bond motifs is 1. The van der Waals surface area contributed by atoms with Crippen LogP contribution in [0.2, 0.25) is 0 Å². The first-order valence-corrected chi connectivity index (χ1v) is 6.59. The Morgan fingerprint density at radius 3 is 2.89 bits per heavy atom. The molecule has 2 aliphatic rings. The summed E-state index contributed by atoms with van der Waals surface area (Å²) in [6, 6.07) is 3.43. The Balaban J connectivity index is 1.91. The number of hydrogen-bond acceptors (Lipinski definition) is 4. The Bertz CT molecular complexity index is 538. The maximum absolute atomic E-state index is 12.3. The molecule has 4 nitrogen and oxygen atoms in total. The van der Waals surface area contributed by atoms with Crippen LogP contribution in [0.5, 0.6) is 11.5 Å². The van der Waals surface area contributed by atoms with E-state index in [1.165, 1.54) is 0 Å². The van der Waals surface area contributed by atoms with E-state index >= 15 is 0 Å². The predicted molar refractivity (Wildman–Crippen MR) is 66.9 cm³/mol. The number of hydrogen-bond donors (Lipinski definition) is 0. The number of carbonyl (C=O) groups is 2. The molecule has 1 aliphatic carbocycles. The summed E-state index contributed by atoms with van der Waals surface area (Å²) in [5.74, 6) is 1.23. The van der Waals surface area contributed by atoms with E-state index in [1.807, 2.05) is 0 Å². The molecule has 0 saturated heterocycles. The van der Waals surface area contributed by atoms with E-state index in [0.29, 0.717) is 40.8 Å². The Labute approximate surface area is 112 Å². The van der Waals surface area contributed by atoms with Crippen LogP contribution in [0.3, 0.4) is 0 Å². The summed E-state index contributed by atoms with van der Waals surface area (Å²) in [4.78, 5) is 23.5. The van der Waals surface area contributed by atoms with Gasteiger partial charge >= 0.3 is 0 Å². The van der Waals surface area contributed by atoms with Crippen molar-refractivity contribution in [1.82, 2.24) is 0 Å². The lowest BCUT2D eigenvalue weighted by Gasteiger charge is -2.08. The zero-order valence-corrected chi connectivity index (χ0v) is 11.2. The summed E-state index contributed by atoms with van der Waals surface area (Å²) in [5, 5.41) is 0. The monoisotopic (exact) mass is 310 g/mol. The number of benzene rings is 1. The van der Waals surface area contributed by atoms with Gasteiger partial charge in [0, 0.05) is 24.3 Å². The van der Waals surface area contributed by atoms with E-state index in [2.05, 4.69) is 15.9 Å². The van der Waals surface area contributed by atoms with Gasteiger partial charge < -0.3 is 9.47 Å². The number of ketones is 2. The van der Waals surface area contributed by atoms with Crippen molar-refractivity contribution in [2.75, 3.05) is 6.79 Å². The van der Waals surface area contributed by atoms with Crippen LogP contribution in [0.4, 0.5) is 0 Å². The van der Waals surface area contributed by atoms with Crippen molar-refractivity contribution in [1.29, 1.82) is 0 Å². The molecule has 0 N–H and O–H groups in total. The second-order valence-corrected chi connectivity index (χ2v) is 5.39. The van der Waals surface area contributed by atoms with Crippen molar-refractivity contribution in [2.45, 2.75) is 19.3 Å². The van der Waals surface area contributed by atoms with Crippen LogP contribution in [0.1, 0.15) is 29.6 Å². The van der Waals surface area contributed by atoms with Gasteiger partial charge in [-0.3, -0.25) is 9.59 Å². The molecule has 1 unspecified atom stereocenters. The van der Waals surface area contributed by atoms with E-state index in [4.69, 9.17) is 9.47 Å². The molecule has 1 aromatic carbocycles. The van der Waals surface area contributed by atoms with Crippen molar-refractivity contribution < 1.29 is 19.1 Å². The summed E-state index contributed by atoms with van der Waals surface area (Å²) in [5.41, 5.74) is 0.575. The van der Waals surface area contributed by atoms with Crippen LogP contribution in [0.25, 0.3) is 0 Å². The zero-order valence-electron chi connectivity index (χ0n) is 9.57. The smallest absolute Gasteiger partial charge is 0.231 e. The maximum atomic E-state index is 12.3. The van der Waals surface area contributed by atoms with Gasteiger partial charge in [-0.25, -0.2) is 0 Å². The average molecular weight is 311 g/mol. The maximum Gasteiger partial charge on any atom is 0.231 e. The molecule has 0 radical (unpaired) electrons. The van der Waals surface area contributed by atoms with Crippen molar-refractivity contribution in [2.24, 2.45) is 5.92 Å². The fourth-order valence-corrected chi connectivity index (χ4v) is 2.94. The number of Topliss-reactive ketones (excluding diaryl/α,β-unsaturated/α-hetero) is 2. The standard InChI is InChI=1S/C13H11BrO4/c14-10-4-8(5-11-13(10)18-6-17-11)12(16)7-1-2-9(15)3-7/h4-5,7H,1-3,6H2. The van der Waals surface area contributed by atoms with Gasteiger partial charge in [0.1, 0.15) is 5.78 Å². The Hall–Kier alpha value is -1.36. The van der Waals surface area contributed by atoms with Crippen LogP contribution < -0.4 is 9.47 Å². The molecule has 1 aliphatic heterocycles. The van der Waals surface area contributed by atoms with Gasteiger partial charge in [0.05, 0.1) is 4.47 Å². The van der Waals surface area contributed by atoms with E-state index in [-0.39, 0.29) is 24.3 Å². The third-order valence-corrected chi connectivity index (χ3v) is 3.92. The molecule has 1 atom stereocenters. The molecule has 0 aromatic heterocycles. The highest BCUT2D eigenvalue weighted by molar-refractivity contribution is 9.10. The van der Waals surface area contributed by atoms with Gasteiger partial charge in [-0.1, -0.05) is 0 Å². The molecular weight excluding hydrogens is 300 g/mol. The molecule has 1 aromatic rings. The second-order valence-electron chi connectivity index (χ2n) is 4.53. The summed E-state index contributed by atoms with van der Waals surface area (Å²) in [7, 11) is 0. The lowest BCUT2D eigenvalue weighted by atomic mass is 9.96. The molecule has 18 heavy (non-hydrogen) atoms. The van der Waals surface area contributed by atoms with E-state index in [0.717, 1.165) is 0 Å². The highest BCUT2D eigenvalue weighted by atomic mass is 79.9. The number of ether oxygens (including phenoxy) is 2. The van der Waals surface area contributed by atoms with Crippen LogP contribution >= 0.6 is 15.9 Å². The molecule has 1 fully saturated rings. The second kappa shape index (κ2) is 4.39. The highest BCUT2D eigenvalue weighted by Crippen LogP contribution is 2.41. The minimum Gasteiger partial charge on any atom is -0.454 e. The highest BCUT2D eigenvalue weighted by Gasteiger charge is 2.30. The van der Waals surface area contributed by atoms with Crippen LogP contribution in [0, 0.1) is 5.92 Å². The molecule has 1 heterocycles. The third kappa shape index (κ3) is 1.92. The van der Waals surface area contributed by atoms with Crippen LogP contribution in [0.15, 0.2) is 16.6 Å². The molecule has 0 spiro atoms. The normalized spacial score (nSPS) is 21.4. The molecule has 1 saturated carbocycles. The van der Waals surface area contributed by atoms with Gasteiger partial charge in [-0.05, 0) is 34.5 Å². The largest absolute Gasteiger partial charge is 0.454 e. The number of rotatable bonds is 2. The Kier molecular flexibility index (Phi) is 2.86. The Morgan fingerprint density at radius 2 is 2.17 bits per heavy atom. The topological polar surface area (TPSA) is 52.6 Å². The van der Waals surface area contributed by atoms with Crippen molar-refractivity contribution in [3.8, 4) is 11.5 Å².